The normalized spacial score (nSPS) is 15.0. The molecule has 0 atom stereocenters. The Bertz CT molecular complexity index is 1200. The summed E-state index contributed by atoms with van der Waals surface area (Å²) >= 11 is 0. The molecule has 9 heteroatoms. The molecule has 0 amide bonds. The highest BCUT2D eigenvalue weighted by Crippen LogP contribution is 2.22. The van der Waals surface area contributed by atoms with Gasteiger partial charge in [-0.3, -0.25) is 9.69 Å². The van der Waals surface area contributed by atoms with Crippen LogP contribution < -0.4 is 11.2 Å². The van der Waals surface area contributed by atoms with Gasteiger partial charge in [0, 0.05) is 44.1 Å². The number of hydrogen-bond donors (Lipinski definition) is 1. The van der Waals surface area contributed by atoms with Crippen LogP contribution >= 0.6 is 0 Å². The Hall–Kier alpha value is -2.78. The fourth-order valence-electron chi connectivity index (χ4n) is 3.24. The fourth-order valence-corrected chi connectivity index (χ4v) is 3.76. The Morgan fingerprint density at radius 2 is 2.07 bits per heavy atom. The van der Waals surface area contributed by atoms with Crippen LogP contribution in [0.4, 0.5) is 5.88 Å². The predicted octanol–water partition coefficient (Wildman–Crippen LogP) is 1.13. The maximum Gasteiger partial charge on any atom is 0.246 e. The Morgan fingerprint density at radius 3 is 2.85 bits per heavy atom. The minimum absolute atomic E-state index is 0.119. The monoisotopic (exact) mass is 386 g/mol. The molecule has 2 N–H and O–H groups in total. The number of anilines is 1. The summed E-state index contributed by atoms with van der Waals surface area (Å²) in [5, 5.41) is 0.342. The lowest BCUT2D eigenvalue weighted by Crippen LogP contribution is -2.33. The van der Waals surface area contributed by atoms with Crippen molar-refractivity contribution in [2.75, 3.05) is 18.5 Å². The Labute approximate surface area is 155 Å². The molecule has 4 rings (SSSR count). The largest absolute Gasteiger partial charge is 0.440 e. The van der Waals surface area contributed by atoms with E-state index in [0.717, 1.165) is 17.5 Å². The summed E-state index contributed by atoms with van der Waals surface area (Å²) < 4.78 is 28.8. The zero-order chi connectivity index (χ0) is 19.2. The average molecular weight is 386 g/mol. The standard InChI is InChI=1S/C18H18N4O4S/c1-27(24,25)18-20-8-11-9-22(7-6-14(11)21-18)10-13-16(23)12-4-2-3-5-15(12)26-17(13)19/h2-5,8H,6-7,9-10,19H2,1H3. The third-order valence-corrected chi connectivity index (χ3v) is 5.49. The van der Waals surface area contributed by atoms with Crippen LogP contribution in [-0.2, 0) is 29.3 Å². The molecule has 1 aromatic carbocycles. The second kappa shape index (κ2) is 6.43. The van der Waals surface area contributed by atoms with Gasteiger partial charge in [-0.25, -0.2) is 18.4 Å². The second-order valence-corrected chi connectivity index (χ2v) is 8.54. The molecule has 0 saturated carbocycles. The minimum Gasteiger partial charge on any atom is -0.440 e. The molecular formula is C18H18N4O4S. The molecule has 0 fully saturated rings. The number of sulfone groups is 1. The Morgan fingerprint density at radius 1 is 1.30 bits per heavy atom. The molecule has 8 nitrogen and oxygen atoms in total. The molecule has 0 spiro atoms. The molecular weight excluding hydrogens is 368 g/mol. The van der Waals surface area contributed by atoms with E-state index < -0.39 is 9.84 Å². The smallest absolute Gasteiger partial charge is 0.246 e. The van der Waals surface area contributed by atoms with Crippen molar-refractivity contribution in [1.29, 1.82) is 0 Å². The van der Waals surface area contributed by atoms with Gasteiger partial charge in [-0.2, -0.15) is 0 Å². The van der Waals surface area contributed by atoms with E-state index in [4.69, 9.17) is 10.2 Å². The number of nitrogens with zero attached hydrogens (tertiary/aromatic N) is 3. The van der Waals surface area contributed by atoms with Gasteiger partial charge in [0.15, 0.2) is 11.3 Å². The van der Waals surface area contributed by atoms with Crippen molar-refractivity contribution in [1.82, 2.24) is 14.9 Å². The zero-order valence-electron chi connectivity index (χ0n) is 14.7. The van der Waals surface area contributed by atoms with Crippen molar-refractivity contribution in [3.05, 3.63) is 57.5 Å². The van der Waals surface area contributed by atoms with Gasteiger partial charge in [-0.15, -0.1) is 0 Å². The molecule has 0 saturated heterocycles. The maximum absolute atomic E-state index is 12.8. The first-order valence-electron chi connectivity index (χ1n) is 8.40. The number of nitrogen functional groups attached to an aromatic ring is 1. The van der Waals surface area contributed by atoms with Crippen molar-refractivity contribution >= 4 is 26.7 Å². The van der Waals surface area contributed by atoms with Crippen LogP contribution in [0.15, 0.2) is 44.8 Å². The molecule has 1 aliphatic heterocycles. The summed E-state index contributed by atoms with van der Waals surface area (Å²) in [5.74, 6) is 0.119. The van der Waals surface area contributed by atoms with Gasteiger partial charge in [0.1, 0.15) is 5.58 Å². The molecule has 27 heavy (non-hydrogen) atoms. The van der Waals surface area contributed by atoms with E-state index in [1.807, 2.05) is 4.90 Å². The highest BCUT2D eigenvalue weighted by molar-refractivity contribution is 7.90. The molecule has 2 aromatic heterocycles. The van der Waals surface area contributed by atoms with Gasteiger partial charge in [-0.05, 0) is 12.1 Å². The third-order valence-electron chi connectivity index (χ3n) is 4.63. The number of hydrogen-bond acceptors (Lipinski definition) is 8. The van der Waals surface area contributed by atoms with Crippen molar-refractivity contribution in [2.24, 2.45) is 0 Å². The third kappa shape index (κ3) is 3.31. The van der Waals surface area contributed by atoms with Gasteiger partial charge in [-0.1, -0.05) is 12.1 Å². The lowest BCUT2D eigenvalue weighted by molar-refractivity contribution is 0.240. The number of nitrogens with two attached hydrogens (primary N) is 1. The first-order valence-corrected chi connectivity index (χ1v) is 10.3. The minimum atomic E-state index is -3.44. The summed E-state index contributed by atoms with van der Waals surface area (Å²) in [4.78, 5) is 22.9. The van der Waals surface area contributed by atoms with Crippen molar-refractivity contribution in [3.8, 4) is 0 Å². The molecule has 0 aliphatic carbocycles. The number of benzene rings is 1. The van der Waals surface area contributed by atoms with Gasteiger partial charge < -0.3 is 10.2 Å². The highest BCUT2D eigenvalue weighted by atomic mass is 32.2. The highest BCUT2D eigenvalue weighted by Gasteiger charge is 2.23. The summed E-state index contributed by atoms with van der Waals surface area (Å²) in [6.45, 7) is 1.47. The van der Waals surface area contributed by atoms with Crippen LogP contribution in [0.3, 0.4) is 0 Å². The van der Waals surface area contributed by atoms with E-state index in [2.05, 4.69) is 9.97 Å². The lowest BCUT2D eigenvalue weighted by atomic mass is 10.1. The predicted molar refractivity (Wildman–Crippen MR) is 99.9 cm³/mol. The summed E-state index contributed by atoms with van der Waals surface area (Å²) in [7, 11) is -3.44. The van der Waals surface area contributed by atoms with Crippen LogP contribution in [0.25, 0.3) is 11.0 Å². The topological polar surface area (TPSA) is 119 Å². The molecule has 0 unspecified atom stereocenters. The van der Waals surface area contributed by atoms with E-state index in [1.54, 1.807) is 24.3 Å². The summed E-state index contributed by atoms with van der Waals surface area (Å²) in [6.07, 6.45) is 3.20. The average Bonchev–Trinajstić information content (AvgIpc) is 2.64. The van der Waals surface area contributed by atoms with E-state index in [1.165, 1.54) is 6.20 Å². The Balaban J connectivity index is 1.63. The zero-order valence-corrected chi connectivity index (χ0v) is 15.5. The van der Waals surface area contributed by atoms with E-state index >= 15 is 0 Å². The first kappa shape index (κ1) is 17.6. The van der Waals surface area contributed by atoms with Crippen molar-refractivity contribution in [2.45, 2.75) is 24.7 Å². The quantitative estimate of drug-likeness (QED) is 0.665. The van der Waals surface area contributed by atoms with Crippen LogP contribution in [0.2, 0.25) is 0 Å². The van der Waals surface area contributed by atoms with Crippen LogP contribution in [0.5, 0.6) is 0 Å². The number of rotatable bonds is 3. The SMILES string of the molecule is CS(=O)(=O)c1ncc2c(n1)CCN(Cc1c(N)oc3ccccc3c1=O)C2. The van der Waals surface area contributed by atoms with Crippen LogP contribution in [-0.4, -0.2) is 36.1 Å². The van der Waals surface area contributed by atoms with E-state index in [-0.39, 0.29) is 16.5 Å². The van der Waals surface area contributed by atoms with E-state index in [0.29, 0.717) is 42.6 Å². The van der Waals surface area contributed by atoms with Gasteiger partial charge in [0.25, 0.3) is 0 Å². The molecule has 3 aromatic rings. The van der Waals surface area contributed by atoms with Crippen LogP contribution in [0.1, 0.15) is 16.8 Å². The number of fused-ring (bicyclic) bond motifs is 2. The lowest BCUT2D eigenvalue weighted by Gasteiger charge is -2.27. The fraction of sp³-hybridized carbons (Fsp3) is 0.278. The molecule has 1 aliphatic rings. The van der Waals surface area contributed by atoms with Gasteiger partial charge in [0.2, 0.25) is 15.0 Å². The first-order chi connectivity index (χ1) is 12.8. The second-order valence-electron chi connectivity index (χ2n) is 6.63. The van der Waals surface area contributed by atoms with Gasteiger partial charge in [0.05, 0.1) is 16.6 Å². The summed E-state index contributed by atoms with van der Waals surface area (Å²) in [6, 6.07) is 7.00. The molecule has 3 heterocycles. The Kier molecular flexibility index (Phi) is 4.20. The number of para-hydroxylation sites is 1. The van der Waals surface area contributed by atoms with Crippen molar-refractivity contribution < 1.29 is 12.8 Å². The number of aromatic nitrogens is 2. The summed E-state index contributed by atoms with van der Waals surface area (Å²) in [5.41, 5.74) is 8.30. The molecule has 140 valence electrons. The maximum atomic E-state index is 12.8. The molecule has 0 bridgehead atoms. The van der Waals surface area contributed by atoms with Gasteiger partial charge >= 0.3 is 0 Å². The molecule has 0 radical (unpaired) electrons. The van der Waals surface area contributed by atoms with Crippen LogP contribution in [0, 0.1) is 0 Å². The van der Waals surface area contributed by atoms with E-state index in [9.17, 15) is 13.2 Å². The van der Waals surface area contributed by atoms with Crippen molar-refractivity contribution in [3.63, 3.8) is 0 Å².